The summed E-state index contributed by atoms with van der Waals surface area (Å²) in [4.78, 5) is 2.63. The topological polar surface area (TPSA) is 21.3 Å². The highest BCUT2D eigenvalue weighted by molar-refractivity contribution is 7.11. The lowest BCUT2D eigenvalue weighted by molar-refractivity contribution is 0.314. The van der Waals surface area contributed by atoms with E-state index in [1.165, 1.54) is 9.75 Å². The molecule has 1 N–H and O–H groups in total. The molecule has 1 aromatic heterocycles. The fourth-order valence-electron chi connectivity index (χ4n) is 1.64. The number of halogens is 3. The van der Waals surface area contributed by atoms with Crippen LogP contribution in [0.1, 0.15) is 9.75 Å². The highest BCUT2D eigenvalue weighted by atomic mass is 35.5. The van der Waals surface area contributed by atoms with Crippen molar-refractivity contribution in [1.29, 1.82) is 0 Å². The van der Waals surface area contributed by atoms with E-state index in [-0.39, 0.29) is 0 Å². The third-order valence-corrected chi connectivity index (χ3v) is 4.62. The number of rotatable bonds is 6. The van der Waals surface area contributed by atoms with Crippen LogP contribution in [-0.2, 0) is 6.54 Å². The van der Waals surface area contributed by atoms with Crippen LogP contribution < -0.4 is 10.1 Å². The Kier molecular flexibility index (Phi) is 6.00. The van der Waals surface area contributed by atoms with Gasteiger partial charge in [0.05, 0.1) is 15.1 Å². The molecule has 2 rings (SSSR count). The van der Waals surface area contributed by atoms with Gasteiger partial charge in [-0.25, -0.2) is 0 Å². The number of ether oxygens (including phenoxy) is 1. The van der Waals surface area contributed by atoms with Crippen molar-refractivity contribution in [3.05, 3.63) is 49.1 Å². The second-order valence-electron chi connectivity index (χ2n) is 4.23. The largest absolute Gasteiger partial charge is 0.491 e. The Labute approximate surface area is 137 Å². The quantitative estimate of drug-likeness (QED) is 0.572. The molecular formula is C14H14Cl3NOS. The Bertz CT molecular complexity index is 586. The molecule has 0 spiro atoms. The van der Waals surface area contributed by atoms with E-state index < -0.39 is 0 Å². The van der Waals surface area contributed by atoms with Crippen LogP contribution in [0.25, 0.3) is 0 Å². The summed E-state index contributed by atoms with van der Waals surface area (Å²) >= 11 is 19.6. The summed E-state index contributed by atoms with van der Waals surface area (Å²) in [5, 5.41) is 4.64. The van der Waals surface area contributed by atoms with Gasteiger partial charge in [0.25, 0.3) is 0 Å². The number of hydrogen-bond donors (Lipinski definition) is 1. The molecule has 0 saturated heterocycles. The van der Waals surface area contributed by atoms with Gasteiger partial charge in [-0.15, -0.1) is 11.3 Å². The highest BCUT2D eigenvalue weighted by Crippen LogP contribution is 2.33. The first-order valence-corrected chi connectivity index (χ1v) is 8.04. The van der Waals surface area contributed by atoms with Crippen LogP contribution in [-0.4, -0.2) is 13.2 Å². The van der Waals surface area contributed by atoms with E-state index in [1.54, 1.807) is 23.5 Å². The molecule has 0 saturated carbocycles. The van der Waals surface area contributed by atoms with Gasteiger partial charge in [-0.3, -0.25) is 0 Å². The van der Waals surface area contributed by atoms with E-state index in [4.69, 9.17) is 39.5 Å². The molecule has 0 bridgehead atoms. The van der Waals surface area contributed by atoms with Gasteiger partial charge in [0.2, 0.25) is 0 Å². The summed E-state index contributed by atoms with van der Waals surface area (Å²) in [7, 11) is 0. The van der Waals surface area contributed by atoms with Crippen LogP contribution >= 0.6 is 46.1 Å². The maximum absolute atomic E-state index is 6.03. The average Bonchev–Trinajstić information content (AvgIpc) is 2.81. The van der Waals surface area contributed by atoms with Crippen molar-refractivity contribution < 1.29 is 4.74 Å². The average molecular weight is 351 g/mol. The molecule has 0 aliphatic rings. The van der Waals surface area contributed by atoms with Crippen LogP contribution in [0.15, 0.2) is 24.3 Å². The van der Waals surface area contributed by atoms with Crippen LogP contribution in [0.2, 0.25) is 15.1 Å². The van der Waals surface area contributed by atoms with E-state index in [1.807, 2.05) is 0 Å². The molecule has 2 aromatic rings. The second-order valence-corrected chi connectivity index (χ2v) is 6.83. The molecule has 6 heteroatoms. The van der Waals surface area contributed by atoms with Gasteiger partial charge in [-0.05, 0) is 25.1 Å². The molecular weight excluding hydrogens is 337 g/mol. The molecule has 2 nitrogen and oxygen atoms in total. The minimum Gasteiger partial charge on any atom is -0.491 e. The van der Waals surface area contributed by atoms with Gasteiger partial charge >= 0.3 is 0 Å². The van der Waals surface area contributed by atoms with Crippen LogP contribution in [0.3, 0.4) is 0 Å². The Morgan fingerprint density at radius 1 is 1.10 bits per heavy atom. The van der Waals surface area contributed by atoms with Gasteiger partial charge in [-0.2, -0.15) is 0 Å². The van der Waals surface area contributed by atoms with Crippen molar-refractivity contribution in [1.82, 2.24) is 5.32 Å². The Morgan fingerprint density at radius 3 is 2.55 bits per heavy atom. The van der Waals surface area contributed by atoms with Crippen LogP contribution in [0.4, 0.5) is 0 Å². The minimum atomic E-state index is 0.426. The zero-order valence-electron chi connectivity index (χ0n) is 10.9. The molecule has 1 aromatic carbocycles. The fourth-order valence-corrected chi connectivity index (χ4v) is 3.09. The molecule has 0 amide bonds. The second kappa shape index (κ2) is 7.53. The van der Waals surface area contributed by atoms with E-state index in [9.17, 15) is 0 Å². The summed E-state index contributed by atoms with van der Waals surface area (Å²) < 4.78 is 5.58. The normalized spacial score (nSPS) is 10.8. The third kappa shape index (κ3) is 4.54. The standard InChI is InChI=1S/C14H14Cl3NOS/c1-9-2-3-10(20-9)8-18-4-5-19-14-7-12(16)11(15)6-13(14)17/h2-3,6-7,18H,4-5,8H2,1H3. The van der Waals surface area contributed by atoms with Gasteiger partial charge in [0.1, 0.15) is 12.4 Å². The monoisotopic (exact) mass is 349 g/mol. The van der Waals surface area contributed by atoms with E-state index in [0.717, 1.165) is 13.1 Å². The summed E-state index contributed by atoms with van der Waals surface area (Å²) in [5.41, 5.74) is 0. The fraction of sp³-hybridized carbons (Fsp3) is 0.286. The number of aryl methyl sites for hydroxylation is 1. The molecule has 0 fully saturated rings. The Balaban J connectivity index is 1.75. The zero-order valence-corrected chi connectivity index (χ0v) is 14.0. The molecule has 108 valence electrons. The van der Waals surface area contributed by atoms with Crippen molar-refractivity contribution in [2.75, 3.05) is 13.2 Å². The summed E-state index contributed by atoms with van der Waals surface area (Å²) in [6.07, 6.45) is 0. The summed E-state index contributed by atoms with van der Waals surface area (Å²) in [5.74, 6) is 0.551. The predicted molar refractivity (Wildman–Crippen MR) is 87.7 cm³/mol. The lowest BCUT2D eigenvalue weighted by Gasteiger charge is -2.09. The van der Waals surface area contributed by atoms with Crippen molar-refractivity contribution in [3.8, 4) is 5.75 Å². The summed E-state index contributed by atoms with van der Waals surface area (Å²) in [6.45, 7) is 4.19. The molecule has 0 unspecified atom stereocenters. The number of hydrogen-bond acceptors (Lipinski definition) is 3. The molecule has 0 atom stereocenters. The van der Waals surface area contributed by atoms with Gasteiger partial charge in [0, 0.05) is 28.9 Å². The van der Waals surface area contributed by atoms with Crippen molar-refractivity contribution >= 4 is 46.1 Å². The molecule has 1 heterocycles. The Morgan fingerprint density at radius 2 is 1.85 bits per heavy atom. The van der Waals surface area contributed by atoms with Gasteiger partial charge in [-0.1, -0.05) is 34.8 Å². The lowest BCUT2D eigenvalue weighted by Crippen LogP contribution is -2.20. The maximum atomic E-state index is 6.03. The third-order valence-electron chi connectivity index (χ3n) is 2.61. The molecule has 20 heavy (non-hydrogen) atoms. The van der Waals surface area contributed by atoms with Crippen LogP contribution in [0.5, 0.6) is 5.75 Å². The number of benzene rings is 1. The van der Waals surface area contributed by atoms with E-state index >= 15 is 0 Å². The first kappa shape index (κ1) is 15.9. The molecule has 0 aliphatic carbocycles. The van der Waals surface area contributed by atoms with Crippen LogP contribution in [0, 0.1) is 6.92 Å². The number of nitrogens with one attached hydrogen (secondary N) is 1. The minimum absolute atomic E-state index is 0.426. The maximum Gasteiger partial charge on any atom is 0.139 e. The van der Waals surface area contributed by atoms with E-state index in [2.05, 4.69) is 24.4 Å². The molecule has 0 radical (unpaired) electrons. The first-order chi connectivity index (χ1) is 9.56. The van der Waals surface area contributed by atoms with Crippen molar-refractivity contribution in [2.45, 2.75) is 13.5 Å². The van der Waals surface area contributed by atoms with E-state index in [0.29, 0.717) is 27.4 Å². The van der Waals surface area contributed by atoms with Crippen molar-refractivity contribution in [3.63, 3.8) is 0 Å². The predicted octanol–water partition coefficient (Wildman–Crippen LogP) is 5.19. The lowest BCUT2D eigenvalue weighted by atomic mass is 10.3. The Hall–Kier alpha value is -0.450. The smallest absolute Gasteiger partial charge is 0.139 e. The highest BCUT2D eigenvalue weighted by Gasteiger charge is 2.06. The first-order valence-electron chi connectivity index (χ1n) is 6.09. The van der Waals surface area contributed by atoms with Gasteiger partial charge < -0.3 is 10.1 Å². The SMILES string of the molecule is Cc1ccc(CNCCOc2cc(Cl)c(Cl)cc2Cl)s1. The summed E-state index contributed by atoms with van der Waals surface area (Å²) in [6, 6.07) is 7.47. The van der Waals surface area contributed by atoms with Crippen molar-refractivity contribution in [2.24, 2.45) is 0 Å². The number of thiophene rings is 1. The van der Waals surface area contributed by atoms with Gasteiger partial charge in [0.15, 0.2) is 0 Å². The molecule has 0 aliphatic heterocycles. The zero-order chi connectivity index (χ0) is 14.5.